The zero-order valence-corrected chi connectivity index (χ0v) is 12.6. The van der Waals surface area contributed by atoms with Crippen LogP contribution in [0.4, 0.5) is 0 Å². The lowest BCUT2D eigenvalue weighted by Gasteiger charge is -2.20. The smallest absolute Gasteiger partial charge is 0.161 e. The fraction of sp³-hybridized carbons (Fsp3) is 0.625. The molecule has 1 aliphatic heterocycles. The Kier molecular flexibility index (Phi) is 5.68. The van der Waals surface area contributed by atoms with Gasteiger partial charge < -0.3 is 19.5 Å². The molecule has 1 aromatic rings. The molecule has 2 rings (SSSR count). The Balaban J connectivity index is 2.07. The van der Waals surface area contributed by atoms with Gasteiger partial charge in [0.1, 0.15) is 0 Å². The molecule has 4 heteroatoms. The maximum atomic E-state index is 5.75. The van der Waals surface area contributed by atoms with E-state index < -0.39 is 0 Å². The highest BCUT2D eigenvalue weighted by atomic mass is 16.5. The highest BCUT2D eigenvalue weighted by molar-refractivity contribution is 5.44. The van der Waals surface area contributed by atoms with Crippen LogP contribution in [0.3, 0.4) is 0 Å². The summed E-state index contributed by atoms with van der Waals surface area (Å²) in [7, 11) is 3.75. The van der Waals surface area contributed by atoms with Gasteiger partial charge in [-0.05, 0) is 44.5 Å². The van der Waals surface area contributed by atoms with Crippen LogP contribution < -0.4 is 14.8 Å². The molecule has 1 heterocycles. The van der Waals surface area contributed by atoms with Crippen molar-refractivity contribution in [2.24, 2.45) is 0 Å². The first-order chi connectivity index (χ1) is 9.74. The number of methoxy groups -OCH3 is 1. The first-order valence-electron chi connectivity index (χ1n) is 7.34. The van der Waals surface area contributed by atoms with Crippen LogP contribution >= 0.6 is 0 Å². The van der Waals surface area contributed by atoms with Gasteiger partial charge in [0.25, 0.3) is 0 Å². The zero-order chi connectivity index (χ0) is 14.4. The average molecular weight is 279 g/mol. The van der Waals surface area contributed by atoms with Gasteiger partial charge in [0.2, 0.25) is 0 Å². The van der Waals surface area contributed by atoms with E-state index >= 15 is 0 Å². The first kappa shape index (κ1) is 15.1. The van der Waals surface area contributed by atoms with E-state index in [1.807, 2.05) is 13.1 Å². The van der Waals surface area contributed by atoms with E-state index in [0.29, 0.717) is 6.04 Å². The van der Waals surface area contributed by atoms with E-state index in [9.17, 15) is 0 Å². The molecular formula is C16H25NO3. The van der Waals surface area contributed by atoms with Crippen LogP contribution in [0.2, 0.25) is 0 Å². The van der Waals surface area contributed by atoms with Crippen LogP contribution in [0.25, 0.3) is 0 Å². The van der Waals surface area contributed by atoms with E-state index in [-0.39, 0.29) is 6.10 Å². The highest BCUT2D eigenvalue weighted by Crippen LogP contribution is 2.33. The summed E-state index contributed by atoms with van der Waals surface area (Å²) in [5.41, 5.74) is 1.24. The van der Waals surface area contributed by atoms with Gasteiger partial charge in [-0.15, -0.1) is 0 Å². The molecule has 2 atom stereocenters. The lowest BCUT2D eigenvalue weighted by atomic mass is 10.00. The number of nitrogens with one attached hydrogen (secondary N) is 1. The Morgan fingerprint density at radius 2 is 1.95 bits per heavy atom. The Labute approximate surface area is 121 Å². The number of hydrogen-bond acceptors (Lipinski definition) is 4. The predicted molar refractivity (Wildman–Crippen MR) is 79.6 cm³/mol. The SMILES string of the molecule is CNC(CCC(C)OC)c1ccc2c(c1)OCCCO2. The maximum Gasteiger partial charge on any atom is 0.161 e. The summed E-state index contributed by atoms with van der Waals surface area (Å²) in [5.74, 6) is 1.71. The molecule has 4 nitrogen and oxygen atoms in total. The molecule has 0 saturated carbocycles. The summed E-state index contributed by atoms with van der Waals surface area (Å²) in [6, 6.07) is 6.54. The number of fused-ring (bicyclic) bond motifs is 1. The van der Waals surface area contributed by atoms with Gasteiger partial charge >= 0.3 is 0 Å². The molecule has 0 spiro atoms. The molecule has 0 bridgehead atoms. The van der Waals surface area contributed by atoms with Crippen LogP contribution in [-0.4, -0.2) is 33.5 Å². The van der Waals surface area contributed by atoms with Crippen molar-refractivity contribution in [1.82, 2.24) is 5.32 Å². The number of hydrogen-bond donors (Lipinski definition) is 1. The van der Waals surface area contributed by atoms with Crippen LogP contribution in [0.15, 0.2) is 18.2 Å². The maximum absolute atomic E-state index is 5.75. The van der Waals surface area contributed by atoms with Crippen LogP contribution in [0.5, 0.6) is 11.5 Å². The van der Waals surface area contributed by atoms with E-state index in [1.54, 1.807) is 7.11 Å². The highest BCUT2D eigenvalue weighted by Gasteiger charge is 2.16. The summed E-state index contributed by atoms with van der Waals surface area (Å²) in [6.07, 6.45) is 3.28. The second kappa shape index (κ2) is 7.50. The van der Waals surface area contributed by atoms with E-state index in [4.69, 9.17) is 14.2 Å². The minimum atomic E-state index is 0.284. The van der Waals surface area contributed by atoms with E-state index in [0.717, 1.165) is 44.0 Å². The molecule has 0 aliphatic carbocycles. The topological polar surface area (TPSA) is 39.7 Å². The van der Waals surface area contributed by atoms with E-state index in [1.165, 1.54) is 5.56 Å². The molecular weight excluding hydrogens is 254 g/mol. The third-order valence-electron chi connectivity index (χ3n) is 3.79. The fourth-order valence-electron chi connectivity index (χ4n) is 2.39. The number of ether oxygens (including phenoxy) is 3. The zero-order valence-electron chi connectivity index (χ0n) is 12.6. The molecule has 0 fully saturated rings. The molecule has 1 N–H and O–H groups in total. The lowest BCUT2D eigenvalue weighted by Crippen LogP contribution is -2.18. The summed E-state index contributed by atoms with van der Waals surface area (Å²) < 4.78 is 16.7. The van der Waals surface area contributed by atoms with Crippen LogP contribution in [0.1, 0.15) is 37.8 Å². The summed E-state index contributed by atoms with van der Waals surface area (Å²) in [5, 5.41) is 3.37. The monoisotopic (exact) mass is 279 g/mol. The molecule has 0 amide bonds. The summed E-state index contributed by atoms with van der Waals surface area (Å²) in [6.45, 7) is 3.55. The minimum absolute atomic E-state index is 0.284. The van der Waals surface area contributed by atoms with Crippen molar-refractivity contribution in [3.05, 3.63) is 23.8 Å². The molecule has 20 heavy (non-hydrogen) atoms. The Hall–Kier alpha value is -1.26. The summed E-state index contributed by atoms with van der Waals surface area (Å²) >= 11 is 0. The quantitative estimate of drug-likeness (QED) is 0.869. The van der Waals surface area contributed by atoms with E-state index in [2.05, 4.69) is 24.4 Å². The molecule has 2 unspecified atom stereocenters. The van der Waals surface area contributed by atoms with Crippen LogP contribution in [-0.2, 0) is 4.74 Å². The normalized spacial score (nSPS) is 17.4. The van der Waals surface area contributed by atoms with Gasteiger partial charge in [-0.3, -0.25) is 0 Å². The van der Waals surface area contributed by atoms with Gasteiger partial charge in [-0.25, -0.2) is 0 Å². The predicted octanol–water partition coefficient (Wildman–Crippen LogP) is 2.92. The van der Waals surface area contributed by atoms with Gasteiger partial charge in [0, 0.05) is 19.6 Å². The third kappa shape index (κ3) is 3.87. The Morgan fingerprint density at radius 3 is 2.65 bits per heavy atom. The number of benzene rings is 1. The third-order valence-corrected chi connectivity index (χ3v) is 3.79. The van der Waals surface area contributed by atoms with Crippen molar-refractivity contribution < 1.29 is 14.2 Å². The molecule has 0 saturated heterocycles. The standard InChI is InChI=1S/C16H25NO3/c1-12(18-3)5-7-14(17-2)13-6-8-15-16(11-13)20-10-4-9-19-15/h6,8,11-12,14,17H,4-5,7,9-10H2,1-3H3. The van der Waals surface area contributed by atoms with Gasteiger partial charge in [0.15, 0.2) is 11.5 Å². The molecule has 1 aromatic carbocycles. The van der Waals surface area contributed by atoms with Crippen molar-refractivity contribution in [1.29, 1.82) is 0 Å². The molecule has 0 aromatic heterocycles. The molecule has 1 aliphatic rings. The van der Waals surface area contributed by atoms with Gasteiger partial charge in [-0.1, -0.05) is 6.07 Å². The average Bonchev–Trinajstić information content (AvgIpc) is 2.72. The Bertz CT molecular complexity index is 422. The fourth-order valence-corrected chi connectivity index (χ4v) is 2.39. The van der Waals surface area contributed by atoms with Crippen molar-refractivity contribution >= 4 is 0 Å². The second-order valence-corrected chi connectivity index (χ2v) is 5.22. The van der Waals surface area contributed by atoms with Crippen molar-refractivity contribution in [3.8, 4) is 11.5 Å². The van der Waals surface area contributed by atoms with Gasteiger partial charge in [-0.2, -0.15) is 0 Å². The number of rotatable bonds is 6. The van der Waals surface area contributed by atoms with Crippen molar-refractivity contribution in [2.45, 2.75) is 38.3 Å². The van der Waals surface area contributed by atoms with Crippen molar-refractivity contribution in [2.75, 3.05) is 27.4 Å². The van der Waals surface area contributed by atoms with Crippen LogP contribution in [0, 0.1) is 0 Å². The minimum Gasteiger partial charge on any atom is -0.490 e. The molecule has 112 valence electrons. The lowest BCUT2D eigenvalue weighted by molar-refractivity contribution is 0.106. The van der Waals surface area contributed by atoms with Gasteiger partial charge in [0.05, 0.1) is 19.3 Å². The Morgan fingerprint density at radius 1 is 1.20 bits per heavy atom. The second-order valence-electron chi connectivity index (χ2n) is 5.22. The largest absolute Gasteiger partial charge is 0.490 e. The molecule has 0 radical (unpaired) electrons. The first-order valence-corrected chi connectivity index (χ1v) is 7.34. The summed E-state index contributed by atoms with van der Waals surface area (Å²) in [4.78, 5) is 0. The van der Waals surface area contributed by atoms with Crippen molar-refractivity contribution in [3.63, 3.8) is 0 Å².